The van der Waals surface area contributed by atoms with Gasteiger partial charge in [-0.2, -0.15) is 0 Å². The van der Waals surface area contributed by atoms with Crippen molar-refractivity contribution in [2.45, 2.75) is 26.3 Å². The average Bonchev–Trinajstić information content (AvgIpc) is 2.65. The first kappa shape index (κ1) is 20.8. The molecule has 0 aromatic heterocycles. The van der Waals surface area contributed by atoms with Crippen LogP contribution >= 0.6 is 0 Å². The molecule has 0 saturated heterocycles. The molecule has 1 N–H and O–H groups in total. The third kappa shape index (κ3) is 5.99. The minimum atomic E-state index is -3.31. The Balaban J connectivity index is 1.87. The second kappa shape index (κ2) is 8.90. The van der Waals surface area contributed by atoms with Gasteiger partial charge in [-0.1, -0.05) is 31.2 Å². The lowest BCUT2D eigenvalue weighted by atomic mass is 10.1. The summed E-state index contributed by atoms with van der Waals surface area (Å²) in [6.45, 7) is 3.91. The van der Waals surface area contributed by atoms with Crippen LogP contribution in [-0.2, 0) is 21.2 Å². The molecule has 146 valence electrons. The number of hydrogen-bond donors (Lipinski definition) is 1. The Labute approximate surface area is 161 Å². The quantitative estimate of drug-likeness (QED) is 0.752. The predicted molar refractivity (Wildman–Crippen MR) is 108 cm³/mol. The summed E-state index contributed by atoms with van der Waals surface area (Å²) in [4.78, 5) is 12.1. The zero-order valence-corrected chi connectivity index (χ0v) is 16.9. The third-order valence-corrected chi connectivity index (χ3v) is 5.54. The molecule has 0 spiro atoms. The first-order valence-electron chi connectivity index (χ1n) is 8.75. The highest BCUT2D eigenvalue weighted by atomic mass is 32.2. The molecular weight excluding hydrogens is 364 g/mol. The van der Waals surface area contributed by atoms with E-state index in [2.05, 4.69) is 24.4 Å². The van der Waals surface area contributed by atoms with Crippen molar-refractivity contribution in [1.29, 1.82) is 0 Å². The molecule has 2 aromatic rings. The molecule has 0 radical (unpaired) electrons. The number of nitrogens with one attached hydrogen (secondary N) is 1. The first-order valence-corrected chi connectivity index (χ1v) is 10.6. The number of anilines is 1. The minimum Gasteiger partial charge on any atom is -0.484 e. The fourth-order valence-electron chi connectivity index (χ4n) is 2.50. The smallest absolute Gasteiger partial charge is 0.258 e. The molecule has 27 heavy (non-hydrogen) atoms. The summed E-state index contributed by atoms with van der Waals surface area (Å²) in [5.74, 6) is 0.273. The fourth-order valence-corrected chi connectivity index (χ4v) is 3.01. The van der Waals surface area contributed by atoms with E-state index in [0.29, 0.717) is 11.4 Å². The molecular formula is C20H26N2O4S. The third-order valence-electron chi connectivity index (χ3n) is 4.33. The highest BCUT2D eigenvalue weighted by Gasteiger charge is 2.13. The molecule has 2 aromatic carbocycles. The van der Waals surface area contributed by atoms with Crippen molar-refractivity contribution >= 4 is 21.6 Å². The number of amides is 1. The summed E-state index contributed by atoms with van der Waals surface area (Å²) in [6.07, 6.45) is 2.12. The van der Waals surface area contributed by atoms with Crippen LogP contribution in [0.3, 0.4) is 0 Å². The normalized spacial score (nSPS) is 12.3. The molecule has 0 unspecified atom stereocenters. The number of aryl methyl sites for hydroxylation is 1. The van der Waals surface area contributed by atoms with Gasteiger partial charge in [-0.25, -0.2) is 8.42 Å². The molecule has 0 fully saturated rings. The van der Waals surface area contributed by atoms with Crippen molar-refractivity contribution in [2.75, 3.05) is 24.2 Å². The van der Waals surface area contributed by atoms with Crippen LogP contribution in [0.1, 0.15) is 31.0 Å². The van der Waals surface area contributed by atoms with E-state index in [9.17, 15) is 13.2 Å². The summed E-state index contributed by atoms with van der Waals surface area (Å²) in [5, 5.41) is 2.90. The molecule has 0 saturated carbocycles. The average molecular weight is 391 g/mol. The van der Waals surface area contributed by atoms with Gasteiger partial charge in [-0.3, -0.25) is 9.10 Å². The summed E-state index contributed by atoms with van der Waals surface area (Å²) < 4.78 is 29.7. The number of carbonyl (C=O) groups excluding carboxylic acids is 1. The number of carbonyl (C=O) groups is 1. The molecule has 0 aliphatic rings. The van der Waals surface area contributed by atoms with Crippen LogP contribution < -0.4 is 14.4 Å². The molecule has 1 atom stereocenters. The van der Waals surface area contributed by atoms with Crippen molar-refractivity contribution < 1.29 is 17.9 Å². The standard InChI is InChI=1S/C20H26N2O4S/c1-5-16-6-8-17(9-7-16)15(2)21-20(23)14-26-19-12-10-18(11-13-19)22(3)27(4,24)25/h6-13,15H,5,14H2,1-4H3,(H,21,23)/t15-/m0/s1. The van der Waals surface area contributed by atoms with Crippen molar-refractivity contribution in [3.8, 4) is 5.75 Å². The second-order valence-electron chi connectivity index (χ2n) is 6.40. The zero-order chi connectivity index (χ0) is 20.0. The van der Waals surface area contributed by atoms with Crippen molar-refractivity contribution in [1.82, 2.24) is 5.32 Å². The van der Waals surface area contributed by atoms with Crippen LogP contribution in [0.25, 0.3) is 0 Å². The maximum absolute atomic E-state index is 12.1. The van der Waals surface area contributed by atoms with E-state index in [1.807, 2.05) is 19.1 Å². The van der Waals surface area contributed by atoms with Gasteiger partial charge in [0.2, 0.25) is 10.0 Å². The van der Waals surface area contributed by atoms with Gasteiger partial charge >= 0.3 is 0 Å². The van der Waals surface area contributed by atoms with Crippen LogP contribution in [0.5, 0.6) is 5.75 Å². The van der Waals surface area contributed by atoms with Crippen LogP contribution in [0, 0.1) is 0 Å². The van der Waals surface area contributed by atoms with Crippen molar-refractivity contribution in [2.24, 2.45) is 0 Å². The molecule has 0 bridgehead atoms. The highest BCUT2D eigenvalue weighted by Crippen LogP contribution is 2.20. The Bertz CT molecular complexity index is 862. The number of benzene rings is 2. The maximum atomic E-state index is 12.1. The molecule has 1 amide bonds. The van der Waals surface area contributed by atoms with Crippen molar-refractivity contribution in [3.63, 3.8) is 0 Å². The van der Waals surface area contributed by atoms with Gasteiger partial charge in [-0.15, -0.1) is 0 Å². The lowest BCUT2D eigenvalue weighted by Gasteiger charge is -2.17. The first-order chi connectivity index (χ1) is 12.7. The molecule has 0 heterocycles. The number of nitrogens with zero attached hydrogens (tertiary/aromatic N) is 1. The molecule has 2 rings (SSSR count). The van der Waals surface area contributed by atoms with E-state index in [-0.39, 0.29) is 18.6 Å². The van der Waals surface area contributed by atoms with Crippen molar-refractivity contribution in [3.05, 3.63) is 59.7 Å². The Kier molecular flexibility index (Phi) is 6.85. The minimum absolute atomic E-state index is 0.112. The van der Waals surface area contributed by atoms with E-state index in [4.69, 9.17) is 4.74 Å². The molecule has 0 aliphatic carbocycles. The topological polar surface area (TPSA) is 75.7 Å². The maximum Gasteiger partial charge on any atom is 0.258 e. The Morgan fingerprint density at radius 2 is 1.70 bits per heavy atom. The highest BCUT2D eigenvalue weighted by molar-refractivity contribution is 7.92. The van der Waals surface area contributed by atoms with E-state index in [1.165, 1.54) is 16.9 Å². The lowest BCUT2D eigenvalue weighted by molar-refractivity contribution is -0.123. The van der Waals surface area contributed by atoms with Gasteiger partial charge in [0.05, 0.1) is 18.0 Å². The van der Waals surface area contributed by atoms with Crippen LogP contribution in [0.4, 0.5) is 5.69 Å². The zero-order valence-electron chi connectivity index (χ0n) is 16.1. The second-order valence-corrected chi connectivity index (χ2v) is 8.41. The van der Waals surface area contributed by atoms with Gasteiger partial charge in [-0.05, 0) is 48.7 Å². The predicted octanol–water partition coefficient (Wildman–Crippen LogP) is 2.90. The van der Waals surface area contributed by atoms with Gasteiger partial charge in [0, 0.05) is 7.05 Å². The van der Waals surface area contributed by atoms with Gasteiger partial charge in [0.1, 0.15) is 5.75 Å². The number of rotatable bonds is 8. The van der Waals surface area contributed by atoms with Crippen LogP contribution in [0.2, 0.25) is 0 Å². The largest absolute Gasteiger partial charge is 0.484 e. The summed E-state index contributed by atoms with van der Waals surface area (Å²) >= 11 is 0. The van der Waals surface area contributed by atoms with Crippen LogP contribution in [0.15, 0.2) is 48.5 Å². The van der Waals surface area contributed by atoms with Gasteiger partial charge in [0.15, 0.2) is 6.61 Å². The Morgan fingerprint density at radius 3 is 2.22 bits per heavy atom. The molecule has 0 aliphatic heterocycles. The van der Waals surface area contributed by atoms with Crippen LogP contribution in [-0.4, -0.2) is 34.2 Å². The Hall–Kier alpha value is -2.54. The lowest BCUT2D eigenvalue weighted by Crippen LogP contribution is -2.31. The number of ether oxygens (including phenoxy) is 1. The summed E-state index contributed by atoms with van der Waals surface area (Å²) in [5.41, 5.74) is 2.82. The molecule has 7 heteroatoms. The monoisotopic (exact) mass is 390 g/mol. The van der Waals surface area contributed by atoms with E-state index in [1.54, 1.807) is 24.3 Å². The number of sulfonamides is 1. The van der Waals surface area contributed by atoms with E-state index in [0.717, 1.165) is 18.2 Å². The van der Waals surface area contributed by atoms with Gasteiger partial charge in [0.25, 0.3) is 5.91 Å². The summed E-state index contributed by atoms with van der Waals surface area (Å²) in [7, 11) is -1.83. The Morgan fingerprint density at radius 1 is 1.11 bits per heavy atom. The SMILES string of the molecule is CCc1ccc([C@H](C)NC(=O)COc2ccc(N(C)S(C)(=O)=O)cc2)cc1. The van der Waals surface area contributed by atoms with E-state index >= 15 is 0 Å². The fraction of sp³-hybridized carbons (Fsp3) is 0.350. The number of hydrogen-bond acceptors (Lipinski definition) is 4. The van der Waals surface area contributed by atoms with E-state index < -0.39 is 10.0 Å². The van der Waals surface area contributed by atoms with Gasteiger partial charge < -0.3 is 10.1 Å². The summed E-state index contributed by atoms with van der Waals surface area (Å²) in [6, 6.07) is 14.6. The molecule has 6 nitrogen and oxygen atoms in total.